The molecule has 9 heterocycles. The normalized spacial score (nSPS) is 16.1. The second kappa shape index (κ2) is 27.2. The van der Waals surface area contributed by atoms with Gasteiger partial charge in [0.05, 0.1) is 34.2 Å². The zero-order valence-corrected chi connectivity index (χ0v) is 52.7. The Morgan fingerprint density at radius 3 is 0.931 bits per heavy atom. The zero-order valence-electron chi connectivity index (χ0n) is 50.2. The summed E-state index contributed by atoms with van der Waals surface area (Å²) < 4.78 is 48.2. The molecule has 6 aromatic rings. The van der Waals surface area contributed by atoms with Crippen LogP contribution in [0.25, 0.3) is 33.8 Å². The Balaban J connectivity index is 0.000000186. The van der Waals surface area contributed by atoms with Crippen molar-refractivity contribution in [3.8, 4) is 52.0 Å². The quantitative estimate of drug-likeness (QED) is 0.119. The molecule has 0 aromatic carbocycles. The van der Waals surface area contributed by atoms with Crippen LogP contribution >= 0.6 is 35.3 Å². The highest BCUT2D eigenvalue weighted by atomic mass is 32.2. The fraction of sp³-hybridized carbons (Fsp3) is 0.450. The summed E-state index contributed by atoms with van der Waals surface area (Å²) in [4.78, 5) is 98.3. The molecule has 3 atom stereocenters. The van der Waals surface area contributed by atoms with E-state index in [1.54, 1.807) is 0 Å². The minimum Gasteiger partial charge on any atom is -0.356 e. The highest BCUT2D eigenvalue weighted by Gasteiger charge is 2.31. The van der Waals surface area contributed by atoms with E-state index in [1.165, 1.54) is 107 Å². The number of pyridine rings is 3. The molecule has 0 saturated heterocycles. The first-order chi connectivity index (χ1) is 40.8. The van der Waals surface area contributed by atoms with Crippen molar-refractivity contribution in [2.75, 3.05) is 36.9 Å². The number of nitriles is 3. The molecule has 0 saturated carbocycles. The molecule has 3 aliphatic heterocycles. The molecule has 87 heavy (non-hydrogen) atoms. The van der Waals surface area contributed by atoms with Gasteiger partial charge < -0.3 is 16.0 Å². The Morgan fingerprint density at radius 1 is 0.494 bits per heavy atom. The van der Waals surface area contributed by atoms with E-state index in [4.69, 9.17) is 0 Å². The summed E-state index contributed by atoms with van der Waals surface area (Å²) in [6.07, 6.45) is 4.36. The number of rotatable bonds is 9. The van der Waals surface area contributed by atoms with Gasteiger partial charge in [-0.25, -0.2) is 28.1 Å². The van der Waals surface area contributed by atoms with E-state index >= 15 is 0 Å². The number of nitrogens with one attached hydrogen (secondary N) is 3. The predicted molar refractivity (Wildman–Crippen MR) is 324 cm³/mol. The Labute approximate surface area is 513 Å². The summed E-state index contributed by atoms with van der Waals surface area (Å²) in [6, 6.07) is 9.58. The number of carbonyl (C=O) groups is 3. The highest BCUT2D eigenvalue weighted by molar-refractivity contribution is 7.99. The number of amides is 3. The van der Waals surface area contributed by atoms with E-state index in [-0.39, 0.29) is 69.2 Å². The van der Waals surface area contributed by atoms with Crippen molar-refractivity contribution in [2.45, 2.75) is 134 Å². The van der Waals surface area contributed by atoms with Crippen LogP contribution in [0.5, 0.6) is 0 Å². The van der Waals surface area contributed by atoms with Crippen LogP contribution in [0.4, 0.5) is 13.2 Å². The molecule has 3 aliphatic rings. The maximum absolute atomic E-state index is 14.6. The molecular formula is C60H66F3N15O6S3. The van der Waals surface area contributed by atoms with Crippen LogP contribution in [0.2, 0.25) is 0 Å². The third-order valence-electron chi connectivity index (χ3n) is 13.8. The van der Waals surface area contributed by atoms with Gasteiger partial charge in [-0.2, -0.15) is 15.8 Å². The lowest BCUT2D eigenvalue weighted by molar-refractivity contribution is -0.120. The number of halogens is 3. The van der Waals surface area contributed by atoms with Gasteiger partial charge in [0.1, 0.15) is 52.3 Å². The monoisotopic (exact) mass is 1250 g/mol. The molecule has 0 aliphatic carbocycles. The fourth-order valence-electron chi connectivity index (χ4n) is 9.45. The highest BCUT2D eigenvalue weighted by Crippen LogP contribution is 2.35. The van der Waals surface area contributed by atoms with Crippen molar-refractivity contribution in [3.05, 3.63) is 119 Å². The first-order valence-corrected chi connectivity index (χ1v) is 30.6. The third-order valence-corrected chi connectivity index (χ3v) is 17.4. The summed E-state index contributed by atoms with van der Waals surface area (Å²) in [5.41, 5.74) is -0.969. The van der Waals surface area contributed by atoms with E-state index < -0.39 is 50.4 Å². The van der Waals surface area contributed by atoms with Gasteiger partial charge in [-0.15, -0.1) is 0 Å². The Morgan fingerprint density at radius 2 is 0.736 bits per heavy atom. The van der Waals surface area contributed by atoms with E-state index in [0.29, 0.717) is 106 Å². The smallest absolute Gasteiger partial charge is 0.272 e. The number of fused-ring (bicyclic) bond motifs is 3. The first-order valence-electron chi connectivity index (χ1n) is 27.6. The number of thioether (sulfide) groups is 3. The Hall–Kier alpha value is -8.19. The number of hydrogen-bond acceptors (Lipinski definition) is 18. The molecule has 27 heteroatoms. The molecule has 3 N–H and O–H groups in total. The minimum atomic E-state index is -0.499. The molecule has 3 amide bonds. The maximum atomic E-state index is 14.6. The summed E-state index contributed by atoms with van der Waals surface area (Å²) in [5.74, 6) is 0.294. The van der Waals surface area contributed by atoms with E-state index in [1.807, 2.05) is 80.5 Å². The van der Waals surface area contributed by atoms with Gasteiger partial charge in [0, 0.05) is 147 Å². The number of hydrogen-bond donors (Lipinski definition) is 3. The lowest BCUT2D eigenvalue weighted by Gasteiger charge is -2.25. The Kier molecular flexibility index (Phi) is 20.8. The Bertz CT molecular complexity index is 3610. The largest absolute Gasteiger partial charge is 0.356 e. The van der Waals surface area contributed by atoms with Crippen LogP contribution in [0.15, 0.2) is 66.6 Å². The van der Waals surface area contributed by atoms with Gasteiger partial charge in [0.2, 0.25) is 17.7 Å². The summed E-state index contributed by atoms with van der Waals surface area (Å²) in [7, 11) is 0. The van der Waals surface area contributed by atoms with Gasteiger partial charge in [-0.1, -0.05) is 97.6 Å². The zero-order chi connectivity index (χ0) is 64.0. The minimum absolute atomic E-state index is 0.0541. The summed E-state index contributed by atoms with van der Waals surface area (Å²) >= 11 is 4.14. The maximum Gasteiger partial charge on any atom is 0.272 e. The fourth-order valence-corrected chi connectivity index (χ4v) is 12.7. The predicted octanol–water partition coefficient (Wildman–Crippen LogP) is 7.41. The van der Waals surface area contributed by atoms with E-state index in [0.717, 1.165) is 0 Å². The third kappa shape index (κ3) is 15.7. The van der Waals surface area contributed by atoms with Crippen molar-refractivity contribution >= 4 is 53.0 Å². The van der Waals surface area contributed by atoms with Crippen LogP contribution in [-0.2, 0) is 50.3 Å². The van der Waals surface area contributed by atoms with Crippen molar-refractivity contribution in [2.24, 2.45) is 17.8 Å². The molecule has 1 unspecified atom stereocenters. The van der Waals surface area contributed by atoms with Crippen molar-refractivity contribution < 1.29 is 27.6 Å². The number of nitrogens with zero attached hydrogens (tertiary/aromatic N) is 12. The molecule has 0 bridgehead atoms. The number of carbonyl (C=O) groups excluding carboxylic acids is 3. The molecule has 6 aromatic heterocycles. The van der Waals surface area contributed by atoms with Crippen molar-refractivity contribution in [3.63, 3.8) is 0 Å². The van der Waals surface area contributed by atoms with Crippen LogP contribution in [0, 0.1) is 69.2 Å². The first kappa shape index (κ1) is 66.3. The van der Waals surface area contributed by atoms with Gasteiger partial charge in [0.25, 0.3) is 16.7 Å². The number of aromatic nitrogens is 9. The SMILES string of the molecule is CC(=O)NCC1CSc2nc(-c3cnc(C(C)(C)C)c(F)c3)c(C#N)c(=O)n2C1.CC(=O)NC[C@@H]1CSc2nc(-c3cnc(C(C)(C)C)c(F)c3)c(C#N)c(=O)n2C1.CC(=O)NC[C@H]1CSc2nc(-c3cnc(C(C)(C)C)c(F)c3)c(C#N)c(=O)n2C1. The van der Waals surface area contributed by atoms with Crippen molar-refractivity contribution in [1.29, 1.82) is 15.8 Å². The molecule has 21 nitrogen and oxygen atoms in total. The second-order valence-corrected chi connectivity index (χ2v) is 27.2. The van der Waals surface area contributed by atoms with Crippen LogP contribution < -0.4 is 32.6 Å². The average molecular weight is 1250 g/mol. The second-order valence-electron chi connectivity index (χ2n) is 24.2. The molecule has 0 spiro atoms. The van der Waals surface area contributed by atoms with Gasteiger partial charge in [-0.3, -0.25) is 57.4 Å². The lowest BCUT2D eigenvalue weighted by Crippen LogP contribution is -2.38. The van der Waals surface area contributed by atoms with Gasteiger partial charge in [0.15, 0.2) is 15.5 Å². The molecular weight excluding hydrogens is 1180 g/mol. The molecule has 9 rings (SSSR count). The van der Waals surface area contributed by atoms with Gasteiger partial charge in [-0.05, 0) is 18.2 Å². The topological polar surface area (TPSA) is 302 Å². The molecule has 0 fully saturated rings. The molecule has 456 valence electrons. The lowest BCUT2D eigenvalue weighted by atomic mass is 9.90. The standard InChI is InChI=1S/3C20H22FN5O2S/c3*1-11(27)23-7-12-9-26-18(28)14(6-22)16(25-19(26)29-10-12)13-5-15(21)17(24-8-13)20(2,3)4/h3*5,8,12H,7,9-10H2,1-4H3,(H,23,27)/t2*12-;/m10./s1. The van der Waals surface area contributed by atoms with E-state index in [2.05, 4.69) is 45.9 Å². The van der Waals surface area contributed by atoms with E-state index in [9.17, 15) is 57.7 Å². The van der Waals surface area contributed by atoms with Crippen LogP contribution in [0.3, 0.4) is 0 Å². The average Bonchev–Trinajstić information content (AvgIpc) is 1.29. The van der Waals surface area contributed by atoms with Gasteiger partial charge >= 0.3 is 0 Å². The summed E-state index contributed by atoms with van der Waals surface area (Å²) in [5, 5.41) is 38.4. The molecule has 0 radical (unpaired) electrons. The van der Waals surface area contributed by atoms with Crippen molar-refractivity contribution in [1.82, 2.24) is 59.6 Å². The van der Waals surface area contributed by atoms with Crippen LogP contribution in [0.1, 0.15) is 117 Å². The van der Waals surface area contributed by atoms with Crippen LogP contribution in [-0.4, -0.2) is 98.2 Å². The summed E-state index contributed by atoms with van der Waals surface area (Å²) in [6.45, 7) is 23.5.